The number of carboxylic acid groups (broad SMARTS) is 1. The van der Waals surface area contributed by atoms with Crippen LogP contribution in [0.15, 0.2) is 54.9 Å². The number of anilines is 4. The predicted octanol–water partition coefficient (Wildman–Crippen LogP) is 4.62. The maximum atomic E-state index is 11.3. The van der Waals surface area contributed by atoms with Crippen molar-refractivity contribution in [2.24, 2.45) is 0 Å². The lowest BCUT2D eigenvalue weighted by atomic mass is 10.2. The Balaban J connectivity index is 1.85. The monoisotopic (exact) mass is 354 g/mol. The molecule has 0 saturated carbocycles. The van der Waals surface area contributed by atoms with Crippen molar-refractivity contribution in [3.8, 4) is 0 Å². The lowest BCUT2D eigenvalue weighted by Gasteiger charge is -2.12. The molecule has 1 aromatic heterocycles. The van der Waals surface area contributed by atoms with Gasteiger partial charge in [-0.1, -0.05) is 29.8 Å². The van der Waals surface area contributed by atoms with Crippen LogP contribution in [0.1, 0.15) is 15.9 Å². The number of rotatable bonds is 5. The van der Waals surface area contributed by atoms with Crippen molar-refractivity contribution in [1.82, 2.24) is 9.97 Å². The fourth-order valence-electron chi connectivity index (χ4n) is 2.29. The summed E-state index contributed by atoms with van der Waals surface area (Å²) in [5.74, 6) is 0.0339. The molecule has 0 aliphatic carbocycles. The normalized spacial score (nSPS) is 10.3. The van der Waals surface area contributed by atoms with Crippen LogP contribution in [0.5, 0.6) is 0 Å². The minimum Gasteiger partial charge on any atom is -0.478 e. The molecule has 0 spiro atoms. The number of carbonyl (C=O) groups is 1. The topological polar surface area (TPSA) is 87.1 Å². The maximum absolute atomic E-state index is 11.3. The van der Waals surface area contributed by atoms with E-state index in [9.17, 15) is 9.90 Å². The third-order valence-electron chi connectivity index (χ3n) is 3.62. The highest BCUT2D eigenvalue weighted by Crippen LogP contribution is 2.26. The Morgan fingerprint density at radius 1 is 1.00 bits per heavy atom. The van der Waals surface area contributed by atoms with Gasteiger partial charge in [-0.25, -0.2) is 14.8 Å². The van der Waals surface area contributed by atoms with E-state index in [0.29, 0.717) is 22.3 Å². The number of halogens is 1. The summed E-state index contributed by atoms with van der Waals surface area (Å²) in [6, 6.07) is 13.9. The molecule has 126 valence electrons. The molecule has 6 nitrogen and oxygen atoms in total. The van der Waals surface area contributed by atoms with Crippen molar-refractivity contribution in [2.75, 3.05) is 10.6 Å². The second-order valence-corrected chi connectivity index (χ2v) is 5.71. The second-order valence-electron chi connectivity index (χ2n) is 5.30. The van der Waals surface area contributed by atoms with E-state index >= 15 is 0 Å². The van der Waals surface area contributed by atoms with Gasteiger partial charge in [0.15, 0.2) is 0 Å². The predicted molar refractivity (Wildman–Crippen MR) is 98.2 cm³/mol. The smallest absolute Gasteiger partial charge is 0.337 e. The summed E-state index contributed by atoms with van der Waals surface area (Å²) in [5, 5.41) is 16.1. The first-order valence-electron chi connectivity index (χ1n) is 7.48. The third-order valence-corrected chi connectivity index (χ3v) is 4.03. The molecule has 0 amide bonds. The van der Waals surface area contributed by atoms with Gasteiger partial charge >= 0.3 is 5.97 Å². The Bertz CT molecular complexity index is 930. The molecular formula is C18H15ClN4O2. The van der Waals surface area contributed by atoms with E-state index in [0.717, 1.165) is 11.3 Å². The van der Waals surface area contributed by atoms with E-state index < -0.39 is 5.97 Å². The van der Waals surface area contributed by atoms with E-state index in [1.807, 2.05) is 25.1 Å². The van der Waals surface area contributed by atoms with Crippen LogP contribution in [0.4, 0.5) is 23.0 Å². The molecule has 3 N–H and O–H groups in total. The van der Waals surface area contributed by atoms with Gasteiger partial charge in [0, 0.05) is 16.8 Å². The number of hydrogen-bond acceptors (Lipinski definition) is 5. The molecular weight excluding hydrogens is 340 g/mol. The molecule has 0 aliphatic heterocycles. The van der Waals surface area contributed by atoms with Crippen molar-refractivity contribution in [1.29, 1.82) is 0 Å². The quantitative estimate of drug-likeness (QED) is 0.619. The zero-order chi connectivity index (χ0) is 17.8. The molecule has 0 bridgehead atoms. The van der Waals surface area contributed by atoms with E-state index in [1.165, 1.54) is 12.4 Å². The number of aromatic carboxylic acids is 1. The minimum absolute atomic E-state index is 0.168. The zero-order valence-corrected chi connectivity index (χ0v) is 14.1. The highest BCUT2D eigenvalue weighted by atomic mass is 35.5. The van der Waals surface area contributed by atoms with Gasteiger partial charge in [0.25, 0.3) is 0 Å². The van der Waals surface area contributed by atoms with E-state index in [-0.39, 0.29) is 5.56 Å². The highest BCUT2D eigenvalue weighted by Gasteiger charge is 2.10. The van der Waals surface area contributed by atoms with Crippen molar-refractivity contribution in [3.05, 3.63) is 71.0 Å². The van der Waals surface area contributed by atoms with Gasteiger partial charge in [0.2, 0.25) is 0 Å². The fourth-order valence-corrected chi connectivity index (χ4v) is 2.47. The lowest BCUT2D eigenvalue weighted by molar-refractivity contribution is 0.0698. The van der Waals surface area contributed by atoms with Gasteiger partial charge in [-0.15, -0.1) is 0 Å². The average Bonchev–Trinajstić information content (AvgIpc) is 2.60. The Hall–Kier alpha value is -3.12. The van der Waals surface area contributed by atoms with Crippen LogP contribution in [0.3, 0.4) is 0 Å². The van der Waals surface area contributed by atoms with E-state index in [2.05, 4.69) is 20.6 Å². The first-order chi connectivity index (χ1) is 12.0. The van der Waals surface area contributed by atoms with Crippen LogP contribution < -0.4 is 10.6 Å². The number of nitrogens with one attached hydrogen (secondary N) is 2. The number of hydrogen-bond donors (Lipinski definition) is 3. The lowest BCUT2D eigenvalue weighted by Crippen LogP contribution is -2.04. The Labute approximate surface area is 149 Å². The molecule has 0 fully saturated rings. The number of aromatic nitrogens is 2. The van der Waals surface area contributed by atoms with Crippen LogP contribution in [-0.4, -0.2) is 21.0 Å². The van der Waals surface area contributed by atoms with Crippen LogP contribution >= 0.6 is 11.6 Å². The Morgan fingerprint density at radius 2 is 1.64 bits per heavy atom. The third kappa shape index (κ3) is 3.87. The molecule has 3 aromatic rings. The number of carboxylic acids is 1. The van der Waals surface area contributed by atoms with Crippen LogP contribution in [0.25, 0.3) is 0 Å². The zero-order valence-electron chi connectivity index (χ0n) is 13.3. The Morgan fingerprint density at radius 3 is 2.36 bits per heavy atom. The molecule has 0 unspecified atom stereocenters. The molecule has 7 heteroatoms. The van der Waals surface area contributed by atoms with Gasteiger partial charge in [0.05, 0.1) is 11.3 Å². The molecule has 2 aromatic carbocycles. The SMILES string of the molecule is Cc1c(Cl)cccc1Nc1cc(Nc2ccccc2C(=O)O)ncn1. The average molecular weight is 355 g/mol. The summed E-state index contributed by atoms with van der Waals surface area (Å²) < 4.78 is 0. The maximum Gasteiger partial charge on any atom is 0.337 e. The molecule has 0 saturated heterocycles. The Kier molecular flexibility index (Phi) is 4.81. The molecule has 3 rings (SSSR count). The number of para-hydroxylation sites is 1. The molecule has 25 heavy (non-hydrogen) atoms. The van der Waals surface area contributed by atoms with E-state index in [4.69, 9.17) is 11.6 Å². The summed E-state index contributed by atoms with van der Waals surface area (Å²) >= 11 is 6.13. The first-order valence-corrected chi connectivity index (χ1v) is 7.86. The van der Waals surface area contributed by atoms with Gasteiger partial charge < -0.3 is 15.7 Å². The van der Waals surface area contributed by atoms with Crippen molar-refractivity contribution in [2.45, 2.75) is 6.92 Å². The highest BCUT2D eigenvalue weighted by molar-refractivity contribution is 6.31. The van der Waals surface area contributed by atoms with Crippen molar-refractivity contribution in [3.63, 3.8) is 0 Å². The second kappa shape index (κ2) is 7.19. The summed E-state index contributed by atoms with van der Waals surface area (Å²) in [5.41, 5.74) is 2.37. The summed E-state index contributed by atoms with van der Waals surface area (Å²) in [4.78, 5) is 19.6. The standard InChI is InChI=1S/C18H15ClN4O2/c1-11-13(19)6-4-8-14(11)22-16-9-17(21-10-20-16)23-15-7-3-2-5-12(15)18(24)25/h2-10H,1H3,(H,24,25)(H2,20,21,22,23). The van der Waals surface area contributed by atoms with Gasteiger partial charge in [-0.05, 0) is 36.8 Å². The summed E-state index contributed by atoms with van der Waals surface area (Å²) in [6.07, 6.45) is 1.40. The largest absolute Gasteiger partial charge is 0.478 e. The molecule has 0 aliphatic rings. The summed E-state index contributed by atoms with van der Waals surface area (Å²) in [6.45, 7) is 1.91. The number of nitrogens with zero attached hydrogens (tertiary/aromatic N) is 2. The number of benzene rings is 2. The fraction of sp³-hybridized carbons (Fsp3) is 0.0556. The van der Waals surface area contributed by atoms with Crippen LogP contribution in [0.2, 0.25) is 5.02 Å². The molecule has 0 atom stereocenters. The van der Waals surface area contributed by atoms with Crippen molar-refractivity contribution < 1.29 is 9.90 Å². The van der Waals surface area contributed by atoms with Crippen LogP contribution in [0, 0.1) is 6.92 Å². The molecule has 0 radical (unpaired) electrons. The van der Waals surface area contributed by atoms with Crippen LogP contribution in [-0.2, 0) is 0 Å². The first kappa shape index (κ1) is 16.7. The molecule has 1 heterocycles. The van der Waals surface area contributed by atoms with Crippen molar-refractivity contribution >= 4 is 40.6 Å². The van der Waals surface area contributed by atoms with Gasteiger partial charge in [-0.3, -0.25) is 0 Å². The summed E-state index contributed by atoms with van der Waals surface area (Å²) in [7, 11) is 0. The van der Waals surface area contributed by atoms with E-state index in [1.54, 1.807) is 24.3 Å². The minimum atomic E-state index is -1.01. The van der Waals surface area contributed by atoms with Gasteiger partial charge in [0.1, 0.15) is 18.0 Å². The van der Waals surface area contributed by atoms with Gasteiger partial charge in [-0.2, -0.15) is 0 Å².